The number of nitrogen functional groups attached to an aromatic ring is 1. The molecule has 8 heteroatoms. The van der Waals surface area contributed by atoms with Crippen molar-refractivity contribution in [1.82, 2.24) is 10.4 Å². The molecule has 3 N–H and O–H groups in total. The van der Waals surface area contributed by atoms with Gasteiger partial charge in [0.2, 0.25) is 0 Å². The number of carbonyl (C=O) groups excluding carboxylic acids is 1. The number of methoxy groups -OCH3 is 1. The monoisotopic (exact) mass is 362 g/mol. The summed E-state index contributed by atoms with van der Waals surface area (Å²) in [5, 5.41) is 4.39. The Morgan fingerprint density at radius 2 is 2.24 bits per heavy atom. The minimum absolute atomic E-state index is 0.332. The second-order valence-electron chi connectivity index (χ2n) is 5.11. The molecule has 0 spiro atoms. The third kappa shape index (κ3) is 4.69. The molecule has 0 saturated heterocycles. The van der Waals surface area contributed by atoms with Gasteiger partial charge < -0.3 is 15.2 Å². The van der Waals surface area contributed by atoms with Gasteiger partial charge in [-0.05, 0) is 25.0 Å². The number of aromatic nitrogens is 1. The predicted octanol–water partition coefficient (Wildman–Crippen LogP) is 2.85. The van der Waals surface area contributed by atoms with Crippen molar-refractivity contribution in [3.63, 3.8) is 0 Å². The van der Waals surface area contributed by atoms with E-state index in [4.69, 9.17) is 15.2 Å². The molecule has 0 saturated carbocycles. The summed E-state index contributed by atoms with van der Waals surface area (Å²) in [5.41, 5.74) is 9.56. The zero-order chi connectivity index (χ0) is 18.2. The maximum Gasteiger partial charge on any atom is 0.283 e. The highest BCUT2D eigenvalue weighted by molar-refractivity contribution is 7.17. The number of nitrogens with one attached hydrogen (secondary N) is 1. The zero-order valence-corrected chi connectivity index (χ0v) is 15.4. The van der Waals surface area contributed by atoms with E-state index < -0.39 is 0 Å². The third-order valence-electron chi connectivity index (χ3n) is 3.30. The average Bonchev–Trinajstić information content (AvgIpc) is 3.01. The summed E-state index contributed by atoms with van der Waals surface area (Å²) < 4.78 is 11.1. The van der Waals surface area contributed by atoms with E-state index in [2.05, 4.69) is 15.5 Å². The van der Waals surface area contributed by atoms with Crippen molar-refractivity contribution < 1.29 is 14.3 Å². The van der Waals surface area contributed by atoms with Crippen LogP contribution in [0.1, 0.15) is 41.2 Å². The summed E-state index contributed by atoms with van der Waals surface area (Å²) in [7, 11) is 1.58. The van der Waals surface area contributed by atoms with Crippen LogP contribution in [0.15, 0.2) is 23.3 Å². The van der Waals surface area contributed by atoms with Crippen LogP contribution >= 0.6 is 11.3 Å². The molecule has 134 valence electrons. The fourth-order valence-electron chi connectivity index (χ4n) is 2.15. The number of nitrogens with zero attached hydrogens (tertiary/aromatic N) is 2. The van der Waals surface area contributed by atoms with Crippen molar-refractivity contribution in [1.29, 1.82) is 0 Å². The molecule has 0 aliphatic rings. The number of para-hydroxylation sites is 1. The van der Waals surface area contributed by atoms with Crippen LogP contribution in [0, 0.1) is 0 Å². The molecule has 0 atom stereocenters. The van der Waals surface area contributed by atoms with Crippen LogP contribution in [0.3, 0.4) is 0 Å². The van der Waals surface area contributed by atoms with Crippen LogP contribution in [0.25, 0.3) is 0 Å². The van der Waals surface area contributed by atoms with Crippen LogP contribution in [0.2, 0.25) is 0 Å². The van der Waals surface area contributed by atoms with E-state index in [1.807, 2.05) is 32.0 Å². The van der Waals surface area contributed by atoms with Crippen molar-refractivity contribution in [2.75, 3.05) is 19.5 Å². The Balaban J connectivity index is 2.14. The van der Waals surface area contributed by atoms with E-state index in [1.54, 1.807) is 7.11 Å². The molecule has 1 aromatic carbocycles. The van der Waals surface area contributed by atoms with Gasteiger partial charge in [0.25, 0.3) is 5.91 Å². The van der Waals surface area contributed by atoms with Gasteiger partial charge in [-0.3, -0.25) is 4.79 Å². The van der Waals surface area contributed by atoms with Gasteiger partial charge in [-0.25, -0.2) is 10.4 Å². The Morgan fingerprint density at radius 3 is 2.92 bits per heavy atom. The van der Waals surface area contributed by atoms with E-state index in [0.29, 0.717) is 45.8 Å². The lowest BCUT2D eigenvalue weighted by atomic mass is 10.2. The molecule has 0 unspecified atom stereocenters. The summed E-state index contributed by atoms with van der Waals surface area (Å²) in [5.74, 6) is 0.884. The quantitative estimate of drug-likeness (QED) is 0.556. The van der Waals surface area contributed by atoms with Crippen molar-refractivity contribution in [3.8, 4) is 11.5 Å². The lowest BCUT2D eigenvalue weighted by Gasteiger charge is -2.12. The van der Waals surface area contributed by atoms with Gasteiger partial charge in [-0.2, -0.15) is 5.10 Å². The Bertz CT molecular complexity index is 758. The van der Waals surface area contributed by atoms with Crippen molar-refractivity contribution in [2.24, 2.45) is 5.10 Å². The standard InChI is InChI=1S/C17H22N4O3S/c1-4-9-24-14-11(7-6-8-13(14)23-3)10-19-21-16(22)15-12(5-2)20-17(18)25-15/h6-8,10H,4-5,9H2,1-3H3,(H2,18,20)(H,21,22)/b19-10-. The van der Waals surface area contributed by atoms with Gasteiger partial charge in [-0.15, -0.1) is 0 Å². The number of aryl methyl sites for hydroxylation is 1. The molecule has 0 fully saturated rings. The fourth-order valence-corrected chi connectivity index (χ4v) is 2.96. The van der Waals surface area contributed by atoms with Gasteiger partial charge in [-0.1, -0.05) is 31.3 Å². The van der Waals surface area contributed by atoms with Crippen LogP contribution < -0.4 is 20.6 Å². The molecule has 0 aliphatic carbocycles. The average molecular weight is 362 g/mol. The summed E-state index contributed by atoms with van der Waals surface area (Å²) in [6.45, 7) is 4.51. The SMILES string of the molecule is CCCOc1c(/C=N\NC(=O)c2sc(N)nc2CC)cccc1OC. The largest absolute Gasteiger partial charge is 0.493 e. The van der Waals surface area contributed by atoms with Gasteiger partial charge in [0.05, 0.1) is 25.6 Å². The number of benzene rings is 1. The van der Waals surface area contributed by atoms with Crippen LogP contribution in [-0.4, -0.2) is 30.8 Å². The van der Waals surface area contributed by atoms with Crippen LogP contribution in [0.4, 0.5) is 5.13 Å². The van der Waals surface area contributed by atoms with E-state index in [-0.39, 0.29) is 5.91 Å². The predicted molar refractivity (Wildman–Crippen MR) is 99.7 cm³/mol. The van der Waals surface area contributed by atoms with Gasteiger partial charge in [0.15, 0.2) is 16.6 Å². The van der Waals surface area contributed by atoms with Gasteiger partial charge in [0.1, 0.15) is 4.88 Å². The molecule has 0 radical (unpaired) electrons. The number of carbonyl (C=O) groups is 1. The number of hydrogen-bond acceptors (Lipinski definition) is 7. The second-order valence-corrected chi connectivity index (χ2v) is 6.14. The summed E-state index contributed by atoms with van der Waals surface area (Å²) in [6, 6.07) is 5.49. The Labute approximate surface area is 150 Å². The first kappa shape index (κ1) is 18.7. The molecular formula is C17H22N4O3S. The Kier molecular flexibility index (Phi) is 6.76. The van der Waals surface area contributed by atoms with Crippen molar-refractivity contribution >= 4 is 28.6 Å². The van der Waals surface area contributed by atoms with E-state index in [0.717, 1.165) is 17.8 Å². The number of ether oxygens (including phenoxy) is 2. The minimum atomic E-state index is -0.332. The fraction of sp³-hybridized carbons (Fsp3) is 0.353. The van der Waals surface area contributed by atoms with E-state index >= 15 is 0 Å². The number of nitrogens with two attached hydrogens (primary N) is 1. The molecule has 0 aliphatic heterocycles. The van der Waals surface area contributed by atoms with Crippen LogP contribution in [0.5, 0.6) is 11.5 Å². The first-order valence-corrected chi connectivity index (χ1v) is 8.80. The highest BCUT2D eigenvalue weighted by atomic mass is 32.1. The molecule has 1 aromatic heterocycles. The molecule has 25 heavy (non-hydrogen) atoms. The molecule has 1 heterocycles. The number of amides is 1. The third-order valence-corrected chi connectivity index (χ3v) is 4.23. The normalized spacial score (nSPS) is 10.8. The van der Waals surface area contributed by atoms with E-state index in [1.165, 1.54) is 6.21 Å². The van der Waals surface area contributed by atoms with Crippen molar-refractivity contribution in [2.45, 2.75) is 26.7 Å². The number of hydrogen-bond donors (Lipinski definition) is 2. The van der Waals surface area contributed by atoms with Gasteiger partial charge in [0, 0.05) is 5.56 Å². The summed E-state index contributed by atoms with van der Waals surface area (Å²) in [6.07, 6.45) is 3.03. The smallest absolute Gasteiger partial charge is 0.283 e. The maximum atomic E-state index is 12.2. The molecule has 1 amide bonds. The Morgan fingerprint density at radius 1 is 1.44 bits per heavy atom. The van der Waals surface area contributed by atoms with Crippen molar-refractivity contribution in [3.05, 3.63) is 34.3 Å². The van der Waals surface area contributed by atoms with E-state index in [9.17, 15) is 4.79 Å². The second kappa shape index (κ2) is 9.03. The zero-order valence-electron chi connectivity index (χ0n) is 14.5. The highest BCUT2D eigenvalue weighted by Crippen LogP contribution is 2.30. The molecular weight excluding hydrogens is 340 g/mol. The lowest BCUT2D eigenvalue weighted by molar-refractivity contribution is 0.0958. The minimum Gasteiger partial charge on any atom is -0.493 e. The summed E-state index contributed by atoms with van der Waals surface area (Å²) >= 11 is 1.15. The molecule has 7 nitrogen and oxygen atoms in total. The number of thiazole rings is 1. The Hall–Kier alpha value is -2.61. The number of hydrazone groups is 1. The highest BCUT2D eigenvalue weighted by Gasteiger charge is 2.15. The number of rotatable bonds is 8. The lowest BCUT2D eigenvalue weighted by Crippen LogP contribution is -2.18. The topological polar surface area (TPSA) is 98.8 Å². The van der Waals surface area contributed by atoms with Crippen LogP contribution in [-0.2, 0) is 6.42 Å². The molecule has 2 aromatic rings. The van der Waals surface area contributed by atoms with Gasteiger partial charge >= 0.3 is 0 Å². The number of anilines is 1. The first-order chi connectivity index (χ1) is 12.1. The summed E-state index contributed by atoms with van der Waals surface area (Å²) in [4.78, 5) is 16.9. The molecule has 0 bridgehead atoms. The molecule has 2 rings (SSSR count). The first-order valence-electron chi connectivity index (χ1n) is 7.99. The maximum absolute atomic E-state index is 12.2.